The van der Waals surface area contributed by atoms with Gasteiger partial charge in [0.25, 0.3) is 0 Å². The Labute approximate surface area is 88.3 Å². The molecule has 0 aliphatic rings. The van der Waals surface area contributed by atoms with Gasteiger partial charge in [0.05, 0.1) is 6.04 Å². The molecule has 0 spiro atoms. The minimum Gasteiger partial charge on any atom is -0.322 e. The van der Waals surface area contributed by atoms with E-state index in [1.807, 2.05) is 27.7 Å². The number of thiazole rings is 1. The van der Waals surface area contributed by atoms with E-state index in [0.29, 0.717) is 5.69 Å². The van der Waals surface area contributed by atoms with Crippen molar-refractivity contribution in [2.75, 3.05) is 0 Å². The van der Waals surface area contributed by atoms with E-state index in [0.717, 1.165) is 5.01 Å². The molecule has 1 aromatic heterocycles. The summed E-state index contributed by atoms with van der Waals surface area (Å²) in [4.78, 5) is 16.0. The smallest absolute Gasteiger partial charge is 0.187 e. The lowest BCUT2D eigenvalue weighted by atomic mass is 9.89. The Bertz CT molecular complexity index is 336. The largest absolute Gasteiger partial charge is 0.322 e. The summed E-state index contributed by atoms with van der Waals surface area (Å²) in [6.07, 6.45) is 0. The van der Waals surface area contributed by atoms with Gasteiger partial charge in [0.15, 0.2) is 5.78 Å². The number of ketones is 1. The Hall–Kier alpha value is -0.740. The third kappa shape index (κ3) is 2.39. The number of rotatable bonds is 2. The quantitative estimate of drug-likeness (QED) is 0.766. The fourth-order valence-electron chi connectivity index (χ4n) is 0.985. The Kier molecular flexibility index (Phi) is 3.07. The molecule has 0 saturated heterocycles. The fourth-order valence-corrected chi connectivity index (χ4v) is 1.74. The molecule has 0 bridgehead atoms. The van der Waals surface area contributed by atoms with Gasteiger partial charge >= 0.3 is 0 Å². The van der Waals surface area contributed by atoms with Crippen molar-refractivity contribution in [2.45, 2.75) is 33.7 Å². The topological polar surface area (TPSA) is 56.0 Å². The first-order chi connectivity index (χ1) is 6.32. The van der Waals surface area contributed by atoms with E-state index >= 15 is 0 Å². The summed E-state index contributed by atoms with van der Waals surface area (Å²) in [5.74, 6) is 0.0700. The summed E-state index contributed by atoms with van der Waals surface area (Å²) in [5, 5.41) is 2.60. The second-order valence-corrected chi connectivity index (χ2v) is 5.33. The minimum atomic E-state index is -0.372. The molecule has 0 aromatic carbocycles. The van der Waals surface area contributed by atoms with Crippen LogP contribution in [-0.2, 0) is 0 Å². The highest BCUT2D eigenvalue weighted by Gasteiger charge is 2.25. The number of nitrogens with two attached hydrogens (primary N) is 1. The van der Waals surface area contributed by atoms with Crippen LogP contribution in [0.15, 0.2) is 5.38 Å². The predicted octanol–water partition coefficient (Wildman–Crippen LogP) is 2.39. The summed E-state index contributed by atoms with van der Waals surface area (Å²) in [5.41, 5.74) is 5.84. The predicted molar refractivity (Wildman–Crippen MR) is 58.5 cm³/mol. The maximum atomic E-state index is 11.8. The lowest BCUT2D eigenvalue weighted by molar-refractivity contribution is 0.0853. The van der Waals surface area contributed by atoms with Crippen LogP contribution in [-0.4, -0.2) is 10.8 Å². The zero-order valence-electron chi connectivity index (χ0n) is 9.00. The van der Waals surface area contributed by atoms with E-state index in [1.54, 1.807) is 5.38 Å². The average Bonchev–Trinajstić information content (AvgIpc) is 2.48. The zero-order chi connectivity index (χ0) is 10.9. The molecule has 0 fully saturated rings. The highest BCUT2D eigenvalue weighted by atomic mass is 32.1. The average molecular weight is 212 g/mol. The molecule has 1 rings (SSSR count). The molecule has 1 aromatic rings. The Balaban J connectivity index is 2.93. The summed E-state index contributed by atoms with van der Waals surface area (Å²) >= 11 is 1.45. The van der Waals surface area contributed by atoms with Gasteiger partial charge in [-0.3, -0.25) is 4.79 Å². The van der Waals surface area contributed by atoms with Gasteiger partial charge in [0.2, 0.25) is 0 Å². The first kappa shape index (κ1) is 11.3. The highest BCUT2D eigenvalue weighted by Crippen LogP contribution is 2.23. The van der Waals surface area contributed by atoms with Crippen molar-refractivity contribution in [3.8, 4) is 0 Å². The third-order valence-corrected chi connectivity index (χ3v) is 2.87. The molecule has 78 valence electrons. The van der Waals surface area contributed by atoms with Crippen molar-refractivity contribution in [1.82, 2.24) is 4.98 Å². The zero-order valence-corrected chi connectivity index (χ0v) is 9.81. The number of hydrogen-bond acceptors (Lipinski definition) is 4. The van der Waals surface area contributed by atoms with Crippen LogP contribution >= 0.6 is 11.3 Å². The molecule has 0 saturated carbocycles. The maximum Gasteiger partial charge on any atom is 0.187 e. The lowest BCUT2D eigenvalue weighted by Crippen LogP contribution is -2.20. The van der Waals surface area contributed by atoms with Crippen LogP contribution in [0.4, 0.5) is 0 Å². The van der Waals surface area contributed by atoms with Crippen molar-refractivity contribution < 1.29 is 4.79 Å². The SMILES string of the molecule is CC(N)c1nc(C(=O)C(C)(C)C)cs1. The molecular weight excluding hydrogens is 196 g/mol. The van der Waals surface area contributed by atoms with Gasteiger partial charge in [-0.2, -0.15) is 0 Å². The van der Waals surface area contributed by atoms with Gasteiger partial charge in [-0.05, 0) is 6.92 Å². The van der Waals surface area contributed by atoms with Gasteiger partial charge < -0.3 is 5.73 Å². The van der Waals surface area contributed by atoms with E-state index in [9.17, 15) is 4.79 Å². The first-order valence-corrected chi connectivity index (χ1v) is 5.46. The molecule has 0 radical (unpaired) electrons. The van der Waals surface area contributed by atoms with Crippen molar-refractivity contribution in [3.05, 3.63) is 16.1 Å². The van der Waals surface area contributed by atoms with Gasteiger partial charge in [-0.25, -0.2) is 4.98 Å². The molecule has 4 heteroatoms. The Morgan fingerprint density at radius 1 is 1.57 bits per heavy atom. The normalized spacial score (nSPS) is 14.1. The van der Waals surface area contributed by atoms with Crippen LogP contribution in [0.1, 0.15) is 49.2 Å². The minimum absolute atomic E-state index is 0.0700. The van der Waals surface area contributed by atoms with Crippen LogP contribution < -0.4 is 5.73 Å². The number of nitrogens with zero attached hydrogens (tertiary/aromatic N) is 1. The number of Topliss-reactive ketones (excluding diaryl/α,β-unsaturated/α-hetero) is 1. The number of hydrogen-bond donors (Lipinski definition) is 1. The molecule has 0 amide bonds. The summed E-state index contributed by atoms with van der Waals surface area (Å²) in [7, 11) is 0. The molecule has 1 atom stereocenters. The van der Waals surface area contributed by atoms with Crippen LogP contribution in [0.25, 0.3) is 0 Å². The van der Waals surface area contributed by atoms with Gasteiger partial charge in [0, 0.05) is 10.8 Å². The van der Waals surface area contributed by atoms with Crippen molar-refractivity contribution in [2.24, 2.45) is 11.1 Å². The summed E-state index contributed by atoms with van der Waals surface area (Å²) in [6, 6.07) is -0.0958. The maximum absolute atomic E-state index is 11.8. The molecule has 1 unspecified atom stereocenters. The lowest BCUT2D eigenvalue weighted by Gasteiger charge is -2.14. The third-order valence-electron chi connectivity index (χ3n) is 1.83. The standard InChI is InChI=1S/C10H16N2OS/c1-6(11)9-12-7(5-14-9)8(13)10(2,3)4/h5-6H,11H2,1-4H3. The van der Waals surface area contributed by atoms with E-state index in [-0.39, 0.29) is 17.2 Å². The van der Waals surface area contributed by atoms with E-state index in [2.05, 4.69) is 4.98 Å². The number of aromatic nitrogens is 1. The molecule has 3 nitrogen and oxygen atoms in total. The molecule has 2 N–H and O–H groups in total. The Morgan fingerprint density at radius 2 is 2.14 bits per heavy atom. The van der Waals surface area contributed by atoms with E-state index in [4.69, 9.17) is 5.73 Å². The monoisotopic (exact) mass is 212 g/mol. The van der Waals surface area contributed by atoms with Crippen LogP contribution in [0.2, 0.25) is 0 Å². The van der Waals surface area contributed by atoms with E-state index in [1.165, 1.54) is 11.3 Å². The highest BCUT2D eigenvalue weighted by molar-refractivity contribution is 7.09. The molecule has 1 heterocycles. The van der Waals surface area contributed by atoms with Gasteiger partial charge in [-0.1, -0.05) is 20.8 Å². The van der Waals surface area contributed by atoms with E-state index < -0.39 is 0 Å². The number of carbonyl (C=O) groups excluding carboxylic acids is 1. The van der Waals surface area contributed by atoms with Crippen molar-refractivity contribution in [1.29, 1.82) is 0 Å². The molecule has 0 aliphatic heterocycles. The molecule has 0 aliphatic carbocycles. The summed E-state index contributed by atoms with van der Waals surface area (Å²) < 4.78 is 0. The fraction of sp³-hybridized carbons (Fsp3) is 0.600. The Morgan fingerprint density at radius 3 is 2.50 bits per heavy atom. The second kappa shape index (κ2) is 3.79. The van der Waals surface area contributed by atoms with Crippen molar-refractivity contribution >= 4 is 17.1 Å². The van der Waals surface area contributed by atoms with Crippen LogP contribution in [0, 0.1) is 5.41 Å². The summed E-state index contributed by atoms with van der Waals surface area (Å²) in [6.45, 7) is 7.53. The van der Waals surface area contributed by atoms with Crippen LogP contribution in [0.3, 0.4) is 0 Å². The van der Waals surface area contributed by atoms with Crippen LogP contribution in [0.5, 0.6) is 0 Å². The second-order valence-electron chi connectivity index (χ2n) is 4.44. The van der Waals surface area contributed by atoms with Gasteiger partial charge in [-0.15, -0.1) is 11.3 Å². The van der Waals surface area contributed by atoms with Crippen molar-refractivity contribution in [3.63, 3.8) is 0 Å². The van der Waals surface area contributed by atoms with Gasteiger partial charge in [0.1, 0.15) is 10.7 Å². The molecule has 14 heavy (non-hydrogen) atoms. The number of carbonyl (C=O) groups is 1. The first-order valence-electron chi connectivity index (χ1n) is 4.58. The molecular formula is C10H16N2OS.